The van der Waals surface area contributed by atoms with E-state index in [-0.39, 0.29) is 8.80 Å². The topological polar surface area (TPSA) is 0 Å². The molecule has 0 spiro atoms. The van der Waals surface area contributed by atoms with E-state index in [9.17, 15) is 0 Å². The van der Waals surface area contributed by atoms with E-state index >= 15 is 0 Å². The Morgan fingerprint density at radius 2 is 1.78 bits per heavy atom. The van der Waals surface area contributed by atoms with E-state index < -0.39 is 0 Å². The lowest BCUT2D eigenvalue weighted by Crippen LogP contribution is -2.07. The van der Waals surface area contributed by atoms with Crippen molar-refractivity contribution in [2.45, 2.75) is 27.3 Å². The summed E-state index contributed by atoms with van der Waals surface area (Å²) in [5, 5.41) is 3.24. The molecule has 9 heavy (non-hydrogen) atoms. The molecule has 1 radical (unpaired) electrons. The highest BCUT2D eigenvalue weighted by atomic mass is 28.3. The van der Waals surface area contributed by atoms with Gasteiger partial charge in [0.15, 0.2) is 0 Å². The third-order valence-electron chi connectivity index (χ3n) is 2.18. The maximum Gasteiger partial charge on any atom is 0.107 e. The first-order chi connectivity index (χ1) is 4.13. The van der Waals surface area contributed by atoms with Crippen LogP contribution in [-0.4, -0.2) is 8.80 Å². The Labute approximate surface area is 58.9 Å². The highest BCUT2D eigenvalue weighted by Gasteiger charge is 2.16. The minimum absolute atomic E-state index is 0.220. The molecule has 0 bridgehead atoms. The molecule has 0 unspecified atom stereocenters. The maximum atomic E-state index is 2.36. The lowest BCUT2D eigenvalue weighted by atomic mass is 10.3. The van der Waals surface area contributed by atoms with Gasteiger partial charge in [-0.25, -0.2) is 0 Å². The van der Waals surface area contributed by atoms with Crippen molar-refractivity contribution in [2.75, 3.05) is 0 Å². The molecule has 0 fully saturated rings. The molecular weight excluding hydrogens is 124 g/mol. The molecule has 0 atom stereocenters. The quantitative estimate of drug-likeness (QED) is 0.450. The largest absolute Gasteiger partial charge is 0.107 e. The van der Waals surface area contributed by atoms with Crippen molar-refractivity contribution in [3.05, 3.63) is 22.0 Å². The molecule has 0 aliphatic carbocycles. The smallest absolute Gasteiger partial charge is 0.0805 e. The molecule has 1 aliphatic rings. The summed E-state index contributed by atoms with van der Waals surface area (Å²) in [7, 11) is -0.220. The molecular formula is C8H13Si. The van der Waals surface area contributed by atoms with Gasteiger partial charge in [-0.05, 0) is 20.8 Å². The lowest BCUT2D eigenvalue weighted by Gasteiger charge is -2.02. The Kier molecular flexibility index (Phi) is 1.62. The minimum atomic E-state index is -0.220. The van der Waals surface area contributed by atoms with Crippen LogP contribution in [0.2, 0.25) is 6.55 Å². The van der Waals surface area contributed by atoms with Crippen LogP contribution < -0.4 is 0 Å². The van der Waals surface area contributed by atoms with Crippen LogP contribution in [0.4, 0.5) is 0 Å². The molecule has 0 aromatic heterocycles. The van der Waals surface area contributed by atoms with Gasteiger partial charge in [0.25, 0.3) is 0 Å². The summed E-state index contributed by atoms with van der Waals surface area (Å²) < 4.78 is 0. The van der Waals surface area contributed by atoms with Crippen molar-refractivity contribution in [3.8, 4) is 0 Å². The standard InChI is InChI=1S/C8H13Si/c1-6-5-7(2)9(4)8(6)3/h5H,1-4H3. The van der Waals surface area contributed by atoms with Crippen LogP contribution in [0.15, 0.2) is 22.0 Å². The van der Waals surface area contributed by atoms with Gasteiger partial charge < -0.3 is 0 Å². The molecule has 1 heteroatoms. The zero-order valence-electron chi connectivity index (χ0n) is 6.58. The van der Waals surface area contributed by atoms with Crippen LogP contribution in [0.25, 0.3) is 0 Å². The molecule has 0 nitrogen and oxygen atoms in total. The summed E-state index contributed by atoms with van der Waals surface area (Å²) in [5.41, 5.74) is 1.50. The zero-order valence-corrected chi connectivity index (χ0v) is 7.58. The predicted molar refractivity (Wildman–Crippen MR) is 43.7 cm³/mol. The Hall–Kier alpha value is -0.303. The van der Waals surface area contributed by atoms with Gasteiger partial charge in [0, 0.05) is 0 Å². The number of hydrogen-bond donors (Lipinski definition) is 0. The Bertz CT molecular complexity index is 187. The van der Waals surface area contributed by atoms with Gasteiger partial charge in [-0.2, -0.15) is 0 Å². The second-order valence-electron chi connectivity index (χ2n) is 2.76. The molecule has 0 saturated heterocycles. The summed E-state index contributed by atoms with van der Waals surface area (Å²) >= 11 is 0. The van der Waals surface area contributed by atoms with Gasteiger partial charge in [-0.3, -0.25) is 0 Å². The lowest BCUT2D eigenvalue weighted by molar-refractivity contribution is 1.45. The molecule has 0 aromatic carbocycles. The number of allylic oxidation sites excluding steroid dienone is 4. The molecule has 1 aliphatic heterocycles. The van der Waals surface area contributed by atoms with Crippen LogP contribution in [0.5, 0.6) is 0 Å². The van der Waals surface area contributed by atoms with Gasteiger partial charge in [0.05, 0.1) is 0 Å². The van der Waals surface area contributed by atoms with E-state index in [1.54, 1.807) is 10.4 Å². The van der Waals surface area contributed by atoms with Crippen LogP contribution in [0, 0.1) is 0 Å². The highest BCUT2D eigenvalue weighted by molar-refractivity contribution is 6.73. The fraction of sp³-hybridized carbons (Fsp3) is 0.500. The summed E-state index contributed by atoms with van der Waals surface area (Å²) in [6, 6.07) is 0. The van der Waals surface area contributed by atoms with Gasteiger partial charge in [0.1, 0.15) is 8.80 Å². The summed E-state index contributed by atoms with van der Waals surface area (Å²) in [6.07, 6.45) is 2.32. The summed E-state index contributed by atoms with van der Waals surface area (Å²) in [5.74, 6) is 0. The maximum absolute atomic E-state index is 2.36. The molecule has 49 valence electrons. The molecule has 1 heterocycles. The van der Waals surface area contributed by atoms with E-state index in [0.717, 1.165) is 0 Å². The van der Waals surface area contributed by atoms with Crippen molar-refractivity contribution in [2.24, 2.45) is 0 Å². The Morgan fingerprint density at radius 3 is 1.89 bits per heavy atom. The number of hydrogen-bond acceptors (Lipinski definition) is 0. The molecule has 0 aromatic rings. The van der Waals surface area contributed by atoms with E-state index in [1.165, 1.54) is 5.57 Å². The molecule has 0 amide bonds. The zero-order chi connectivity index (χ0) is 7.02. The van der Waals surface area contributed by atoms with Crippen LogP contribution in [0.3, 0.4) is 0 Å². The first-order valence-corrected chi connectivity index (χ1v) is 5.33. The van der Waals surface area contributed by atoms with Gasteiger partial charge >= 0.3 is 0 Å². The van der Waals surface area contributed by atoms with Crippen LogP contribution in [0.1, 0.15) is 20.8 Å². The molecule has 1 rings (SSSR count). The predicted octanol–water partition coefficient (Wildman–Crippen LogP) is 2.49. The molecule has 0 N–H and O–H groups in total. The Balaban J connectivity index is 2.92. The third-order valence-corrected chi connectivity index (χ3v) is 5.03. The minimum Gasteiger partial charge on any atom is -0.0805 e. The van der Waals surface area contributed by atoms with Crippen molar-refractivity contribution < 1.29 is 0 Å². The fourth-order valence-electron chi connectivity index (χ4n) is 1.13. The normalized spacial score (nSPS) is 21.1. The average Bonchev–Trinajstić information content (AvgIpc) is 1.98. The van der Waals surface area contributed by atoms with E-state index in [2.05, 4.69) is 33.4 Å². The SMILES string of the molecule is CC1=CC(C)=C(C)[Si]1C. The van der Waals surface area contributed by atoms with E-state index in [1.807, 2.05) is 0 Å². The first kappa shape index (κ1) is 6.81. The second-order valence-corrected chi connectivity index (χ2v) is 5.55. The van der Waals surface area contributed by atoms with E-state index in [0.29, 0.717) is 0 Å². The first-order valence-electron chi connectivity index (χ1n) is 3.33. The average molecular weight is 137 g/mol. The van der Waals surface area contributed by atoms with Crippen molar-refractivity contribution in [3.63, 3.8) is 0 Å². The molecule has 0 saturated carbocycles. The van der Waals surface area contributed by atoms with Crippen LogP contribution >= 0.6 is 0 Å². The number of rotatable bonds is 0. The van der Waals surface area contributed by atoms with Crippen LogP contribution in [-0.2, 0) is 0 Å². The van der Waals surface area contributed by atoms with Gasteiger partial charge in [0.2, 0.25) is 0 Å². The van der Waals surface area contributed by atoms with Crippen molar-refractivity contribution in [1.29, 1.82) is 0 Å². The summed E-state index contributed by atoms with van der Waals surface area (Å²) in [4.78, 5) is 0. The fourth-order valence-corrected chi connectivity index (χ4v) is 2.82. The van der Waals surface area contributed by atoms with Crippen molar-refractivity contribution >= 4 is 8.80 Å². The Morgan fingerprint density at radius 1 is 1.22 bits per heavy atom. The monoisotopic (exact) mass is 137 g/mol. The van der Waals surface area contributed by atoms with Gasteiger partial charge in [-0.1, -0.05) is 28.6 Å². The van der Waals surface area contributed by atoms with E-state index in [4.69, 9.17) is 0 Å². The van der Waals surface area contributed by atoms with Gasteiger partial charge in [-0.15, -0.1) is 0 Å². The summed E-state index contributed by atoms with van der Waals surface area (Å²) in [6.45, 7) is 9.08. The van der Waals surface area contributed by atoms with Crippen molar-refractivity contribution in [1.82, 2.24) is 0 Å². The second kappa shape index (κ2) is 2.14. The third kappa shape index (κ3) is 1.01. The highest BCUT2D eigenvalue weighted by Crippen LogP contribution is 2.22.